The van der Waals surface area contributed by atoms with Gasteiger partial charge in [-0.25, -0.2) is 0 Å². The molecule has 0 spiro atoms. The summed E-state index contributed by atoms with van der Waals surface area (Å²) in [5, 5.41) is 12.7. The highest BCUT2D eigenvalue weighted by Crippen LogP contribution is 2.28. The van der Waals surface area contributed by atoms with Gasteiger partial charge in [0.25, 0.3) is 5.91 Å². The number of carbonyl (C=O) groups excluding carboxylic acids is 2. The fourth-order valence-electron chi connectivity index (χ4n) is 3.12. The van der Waals surface area contributed by atoms with Crippen LogP contribution >= 0.6 is 15.9 Å². The number of amides is 2. The lowest BCUT2D eigenvalue weighted by Gasteiger charge is -2.41. The molecule has 2 atom stereocenters. The molecular formula is C15H17BrN2O3. The summed E-state index contributed by atoms with van der Waals surface area (Å²) in [5.41, 5.74) is 0.494. The van der Waals surface area contributed by atoms with Crippen LogP contribution < -0.4 is 5.32 Å². The fraction of sp³-hybridized carbons (Fsp3) is 0.467. The monoisotopic (exact) mass is 352 g/mol. The van der Waals surface area contributed by atoms with Crippen molar-refractivity contribution in [2.45, 2.75) is 25.3 Å². The SMILES string of the molecule is O=C1CCC2CN(C(=O)c3ccc(Br)c(O)c3)CCC2N1. The molecule has 2 N–H and O–H groups in total. The summed E-state index contributed by atoms with van der Waals surface area (Å²) >= 11 is 3.21. The van der Waals surface area contributed by atoms with E-state index >= 15 is 0 Å². The van der Waals surface area contributed by atoms with E-state index in [-0.39, 0.29) is 23.6 Å². The molecule has 0 aliphatic carbocycles. The molecule has 2 aliphatic rings. The number of benzene rings is 1. The van der Waals surface area contributed by atoms with E-state index in [1.54, 1.807) is 12.1 Å². The molecule has 1 aromatic carbocycles. The van der Waals surface area contributed by atoms with Gasteiger partial charge in [0, 0.05) is 31.1 Å². The second kappa shape index (κ2) is 5.67. The number of hydrogen-bond donors (Lipinski definition) is 2. The number of aromatic hydroxyl groups is 1. The number of rotatable bonds is 1. The number of hydrogen-bond acceptors (Lipinski definition) is 3. The number of likely N-dealkylation sites (tertiary alicyclic amines) is 1. The van der Waals surface area contributed by atoms with Gasteiger partial charge in [0.15, 0.2) is 0 Å². The van der Waals surface area contributed by atoms with E-state index in [0.29, 0.717) is 35.5 Å². The Labute approximate surface area is 131 Å². The van der Waals surface area contributed by atoms with Gasteiger partial charge < -0.3 is 15.3 Å². The topological polar surface area (TPSA) is 69.6 Å². The summed E-state index contributed by atoms with van der Waals surface area (Å²) < 4.78 is 0.577. The van der Waals surface area contributed by atoms with E-state index in [0.717, 1.165) is 12.8 Å². The van der Waals surface area contributed by atoms with Crippen LogP contribution in [0.5, 0.6) is 5.75 Å². The van der Waals surface area contributed by atoms with E-state index in [2.05, 4.69) is 21.2 Å². The maximum Gasteiger partial charge on any atom is 0.254 e. The highest BCUT2D eigenvalue weighted by atomic mass is 79.9. The van der Waals surface area contributed by atoms with Crippen LogP contribution in [-0.2, 0) is 4.79 Å². The molecule has 3 rings (SSSR count). The highest BCUT2D eigenvalue weighted by Gasteiger charge is 2.35. The minimum Gasteiger partial charge on any atom is -0.507 e. The number of phenolic OH excluding ortho intramolecular Hbond substituents is 1. The predicted molar refractivity (Wildman–Crippen MR) is 81.0 cm³/mol. The molecule has 1 aromatic rings. The van der Waals surface area contributed by atoms with E-state index in [1.807, 2.05) is 4.90 Å². The number of nitrogens with one attached hydrogen (secondary N) is 1. The number of nitrogens with zero attached hydrogens (tertiary/aromatic N) is 1. The van der Waals surface area contributed by atoms with Crippen LogP contribution in [0, 0.1) is 5.92 Å². The van der Waals surface area contributed by atoms with Crippen molar-refractivity contribution in [1.29, 1.82) is 0 Å². The number of halogens is 1. The summed E-state index contributed by atoms with van der Waals surface area (Å²) in [6, 6.07) is 5.08. The standard InChI is InChI=1S/C15H17BrN2O3/c16-11-3-1-9(7-13(11)19)15(21)18-6-5-12-10(8-18)2-4-14(20)17-12/h1,3,7,10,12,19H,2,4-6,8H2,(H,17,20). The quantitative estimate of drug-likeness (QED) is 0.810. The third kappa shape index (κ3) is 2.90. The van der Waals surface area contributed by atoms with Crippen LogP contribution in [0.1, 0.15) is 29.6 Å². The zero-order valence-electron chi connectivity index (χ0n) is 11.5. The van der Waals surface area contributed by atoms with Crippen LogP contribution in [0.15, 0.2) is 22.7 Å². The number of phenols is 1. The third-order valence-corrected chi connectivity index (χ3v) is 4.97. The molecule has 5 nitrogen and oxygen atoms in total. The first-order valence-corrected chi connectivity index (χ1v) is 7.91. The van der Waals surface area contributed by atoms with Crippen molar-refractivity contribution in [3.8, 4) is 5.75 Å². The molecule has 6 heteroatoms. The Morgan fingerprint density at radius 2 is 2.19 bits per heavy atom. The summed E-state index contributed by atoms with van der Waals surface area (Å²) in [7, 11) is 0. The molecule has 0 saturated carbocycles. The van der Waals surface area contributed by atoms with Gasteiger partial charge in [-0.05, 0) is 52.9 Å². The van der Waals surface area contributed by atoms with Gasteiger partial charge in [-0.1, -0.05) is 0 Å². The van der Waals surface area contributed by atoms with Crippen molar-refractivity contribution in [3.05, 3.63) is 28.2 Å². The molecule has 2 heterocycles. The largest absolute Gasteiger partial charge is 0.507 e. The smallest absolute Gasteiger partial charge is 0.254 e. The molecular weight excluding hydrogens is 336 g/mol. The summed E-state index contributed by atoms with van der Waals surface area (Å²) in [5.74, 6) is 0.465. The number of piperidine rings is 2. The van der Waals surface area contributed by atoms with Crippen molar-refractivity contribution in [3.63, 3.8) is 0 Å². The lowest BCUT2D eigenvalue weighted by atomic mass is 9.85. The first kappa shape index (κ1) is 14.4. The van der Waals surface area contributed by atoms with E-state index in [1.165, 1.54) is 6.07 Å². The van der Waals surface area contributed by atoms with Crippen LogP contribution in [0.2, 0.25) is 0 Å². The Bertz CT molecular complexity index is 590. The molecule has 0 aromatic heterocycles. The van der Waals surface area contributed by atoms with Crippen molar-refractivity contribution < 1.29 is 14.7 Å². The molecule has 2 amide bonds. The predicted octanol–water partition coefficient (Wildman–Crippen LogP) is 1.90. The van der Waals surface area contributed by atoms with Crippen LogP contribution in [0.3, 0.4) is 0 Å². The molecule has 21 heavy (non-hydrogen) atoms. The molecule has 0 bridgehead atoms. The van der Waals surface area contributed by atoms with Crippen LogP contribution in [0.25, 0.3) is 0 Å². The first-order chi connectivity index (χ1) is 10.0. The normalized spacial score (nSPS) is 25.2. The van der Waals surface area contributed by atoms with Gasteiger partial charge in [0.05, 0.1) is 4.47 Å². The molecule has 2 unspecified atom stereocenters. The maximum absolute atomic E-state index is 12.5. The summed E-state index contributed by atoms with van der Waals surface area (Å²) in [6.07, 6.45) is 2.18. The Hall–Kier alpha value is -1.56. The zero-order chi connectivity index (χ0) is 15.0. The summed E-state index contributed by atoms with van der Waals surface area (Å²) in [6.45, 7) is 1.30. The van der Waals surface area contributed by atoms with Gasteiger partial charge in [-0.2, -0.15) is 0 Å². The molecule has 2 aliphatic heterocycles. The zero-order valence-corrected chi connectivity index (χ0v) is 13.1. The molecule has 0 radical (unpaired) electrons. The molecule has 2 saturated heterocycles. The second-order valence-electron chi connectivity index (χ2n) is 5.68. The Kier molecular flexibility index (Phi) is 3.89. The minimum atomic E-state index is -0.0619. The van der Waals surface area contributed by atoms with Crippen molar-refractivity contribution in [1.82, 2.24) is 10.2 Å². The van der Waals surface area contributed by atoms with Gasteiger partial charge in [-0.3, -0.25) is 9.59 Å². The van der Waals surface area contributed by atoms with Crippen molar-refractivity contribution in [2.75, 3.05) is 13.1 Å². The van der Waals surface area contributed by atoms with Gasteiger partial charge >= 0.3 is 0 Å². The Morgan fingerprint density at radius 3 is 2.95 bits per heavy atom. The average molecular weight is 353 g/mol. The summed E-state index contributed by atoms with van der Waals surface area (Å²) in [4.78, 5) is 25.7. The lowest BCUT2D eigenvalue weighted by Crippen LogP contribution is -2.55. The first-order valence-electron chi connectivity index (χ1n) is 7.12. The van der Waals surface area contributed by atoms with E-state index < -0.39 is 0 Å². The van der Waals surface area contributed by atoms with Gasteiger partial charge in [0.2, 0.25) is 5.91 Å². The van der Waals surface area contributed by atoms with Crippen molar-refractivity contribution >= 4 is 27.7 Å². The third-order valence-electron chi connectivity index (χ3n) is 4.30. The molecule has 112 valence electrons. The highest BCUT2D eigenvalue weighted by molar-refractivity contribution is 9.10. The van der Waals surface area contributed by atoms with E-state index in [9.17, 15) is 14.7 Å². The number of carbonyl (C=O) groups is 2. The minimum absolute atomic E-state index is 0.0619. The van der Waals surface area contributed by atoms with E-state index in [4.69, 9.17) is 0 Å². The maximum atomic E-state index is 12.5. The Morgan fingerprint density at radius 1 is 1.38 bits per heavy atom. The van der Waals surface area contributed by atoms with Crippen LogP contribution in [0.4, 0.5) is 0 Å². The number of fused-ring (bicyclic) bond motifs is 1. The average Bonchev–Trinajstić information content (AvgIpc) is 2.49. The van der Waals surface area contributed by atoms with Crippen molar-refractivity contribution in [2.24, 2.45) is 5.92 Å². The van der Waals surface area contributed by atoms with Gasteiger partial charge in [-0.15, -0.1) is 0 Å². The Balaban J connectivity index is 1.71. The fourth-order valence-corrected chi connectivity index (χ4v) is 3.37. The lowest BCUT2D eigenvalue weighted by molar-refractivity contribution is -0.125. The molecule has 2 fully saturated rings. The van der Waals surface area contributed by atoms with Crippen LogP contribution in [-0.4, -0.2) is 41.0 Å². The van der Waals surface area contributed by atoms with Gasteiger partial charge in [0.1, 0.15) is 5.75 Å². The second-order valence-corrected chi connectivity index (χ2v) is 6.53.